The lowest BCUT2D eigenvalue weighted by molar-refractivity contribution is -0.144. The molecule has 1 rings (SSSR count). The zero-order valence-corrected chi connectivity index (χ0v) is 19.7. The number of nitrogens with one attached hydrogen (secondary N) is 1. The van der Waals surface area contributed by atoms with Crippen LogP contribution < -0.4 is 5.32 Å². The van der Waals surface area contributed by atoms with Gasteiger partial charge in [0.1, 0.15) is 12.3 Å². The van der Waals surface area contributed by atoms with Gasteiger partial charge in [-0.15, -0.1) is 0 Å². The van der Waals surface area contributed by atoms with E-state index >= 15 is 0 Å². The van der Waals surface area contributed by atoms with Crippen molar-refractivity contribution in [2.75, 3.05) is 78.5 Å². The van der Waals surface area contributed by atoms with Gasteiger partial charge in [-0.25, -0.2) is 0 Å². The number of aldehydes is 1. The van der Waals surface area contributed by atoms with Crippen LogP contribution in [-0.2, 0) is 24.0 Å². The van der Waals surface area contributed by atoms with E-state index in [9.17, 15) is 39.3 Å². The fraction of sp³-hybridized carbons (Fsp3) is 0.762. The maximum Gasteiger partial charge on any atom is 0.320 e. The van der Waals surface area contributed by atoms with Gasteiger partial charge >= 0.3 is 17.9 Å². The van der Waals surface area contributed by atoms with Crippen molar-refractivity contribution < 1.29 is 39.3 Å². The highest BCUT2D eigenvalue weighted by Gasteiger charge is 2.28. The van der Waals surface area contributed by atoms with Gasteiger partial charge in [0.15, 0.2) is 0 Å². The minimum absolute atomic E-state index is 0.0440. The Hall–Kier alpha value is -2.61. The average Bonchev–Trinajstić information content (AvgIpc) is 2.74. The van der Waals surface area contributed by atoms with E-state index in [4.69, 9.17) is 0 Å². The maximum absolute atomic E-state index is 12.0. The first-order chi connectivity index (χ1) is 16.2. The number of nitrogens with zero attached hydrogens (tertiary/aromatic N) is 4. The molecule has 1 fully saturated rings. The zero-order chi connectivity index (χ0) is 25.5. The van der Waals surface area contributed by atoms with Gasteiger partial charge in [-0.2, -0.15) is 0 Å². The molecule has 0 saturated carbocycles. The van der Waals surface area contributed by atoms with Crippen LogP contribution in [0.5, 0.6) is 0 Å². The van der Waals surface area contributed by atoms with E-state index in [1.54, 1.807) is 21.6 Å². The van der Waals surface area contributed by atoms with E-state index in [-0.39, 0.29) is 58.0 Å². The molecule has 13 heteroatoms. The van der Waals surface area contributed by atoms with Crippen LogP contribution in [0.25, 0.3) is 0 Å². The molecule has 194 valence electrons. The van der Waals surface area contributed by atoms with Crippen molar-refractivity contribution in [1.82, 2.24) is 24.9 Å². The predicted molar refractivity (Wildman–Crippen MR) is 122 cm³/mol. The van der Waals surface area contributed by atoms with Gasteiger partial charge in [0.2, 0.25) is 5.91 Å². The lowest BCUT2D eigenvalue weighted by Gasteiger charge is -2.35. The molecule has 1 unspecified atom stereocenters. The smallest absolute Gasteiger partial charge is 0.320 e. The third kappa shape index (κ3) is 12.0. The summed E-state index contributed by atoms with van der Waals surface area (Å²) in [4.78, 5) is 64.5. The minimum atomic E-state index is -1.07. The van der Waals surface area contributed by atoms with E-state index in [1.165, 1.54) is 0 Å². The molecule has 1 amide bonds. The number of rotatable bonds is 12. The summed E-state index contributed by atoms with van der Waals surface area (Å²) in [5.74, 6) is -3.35. The largest absolute Gasteiger partial charge is 0.480 e. The molecular weight excluding hydrogens is 450 g/mol. The van der Waals surface area contributed by atoms with E-state index < -0.39 is 23.9 Å². The lowest BCUT2D eigenvalue weighted by Crippen LogP contribution is -2.51. The van der Waals surface area contributed by atoms with Crippen molar-refractivity contribution >= 4 is 30.1 Å². The van der Waals surface area contributed by atoms with Gasteiger partial charge in [0.05, 0.1) is 19.6 Å². The second-order valence-corrected chi connectivity index (χ2v) is 8.19. The SMILES string of the molecule is CCNC(=O)CCC(C(=O)O)N1CCN(CC=O)CCN(CC(=O)O)CCN(CC(=O)O)CC1. The van der Waals surface area contributed by atoms with E-state index in [0.717, 1.165) is 6.29 Å². The molecule has 0 aromatic rings. The van der Waals surface area contributed by atoms with E-state index in [0.29, 0.717) is 39.3 Å². The van der Waals surface area contributed by atoms with Crippen molar-refractivity contribution in [3.63, 3.8) is 0 Å². The fourth-order valence-corrected chi connectivity index (χ4v) is 3.87. The fourth-order valence-electron chi connectivity index (χ4n) is 3.87. The molecule has 1 saturated heterocycles. The van der Waals surface area contributed by atoms with Gasteiger partial charge in [-0.1, -0.05) is 0 Å². The van der Waals surface area contributed by atoms with Crippen LogP contribution in [0, 0.1) is 0 Å². The lowest BCUT2D eigenvalue weighted by atomic mass is 10.1. The molecule has 1 atom stereocenters. The van der Waals surface area contributed by atoms with Gasteiger partial charge in [-0.3, -0.25) is 38.8 Å². The number of hydrogen-bond acceptors (Lipinski definition) is 9. The Morgan fingerprint density at radius 1 is 0.824 bits per heavy atom. The van der Waals surface area contributed by atoms with Crippen LogP contribution in [0.1, 0.15) is 19.8 Å². The standard InChI is InChI=1S/C21H37N5O8/c1-2-22-18(28)4-3-17(21(33)34)26-11-9-23(13-14-27)5-6-24(15-19(29)30)7-8-25(10-12-26)16-20(31)32/h14,17H,2-13,15-16H2,1H3,(H,22,28)(H,29,30)(H,31,32)(H,33,34). The quantitative estimate of drug-likeness (QED) is 0.222. The number of carbonyl (C=O) groups is 5. The predicted octanol–water partition coefficient (Wildman–Crippen LogP) is -2.05. The first-order valence-electron chi connectivity index (χ1n) is 11.4. The van der Waals surface area contributed by atoms with E-state index in [2.05, 4.69) is 5.32 Å². The summed E-state index contributed by atoms with van der Waals surface area (Å²) in [6.45, 7) is 4.40. The maximum atomic E-state index is 12.0. The molecule has 1 aliphatic heterocycles. The summed E-state index contributed by atoms with van der Waals surface area (Å²) in [6.07, 6.45) is 0.888. The summed E-state index contributed by atoms with van der Waals surface area (Å²) < 4.78 is 0. The van der Waals surface area contributed by atoms with Gasteiger partial charge < -0.3 is 25.4 Å². The van der Waals surface area contributed by atoms with Crippen molar-refractivity contribution in [3.05, 3.63) is 0 Å². The molecule has 1 heterocycles. The molecule has 4 N–H and O–H groups in total. The van der Waals surface area contributed by atoms with Crippen LogP contribution in [0.3, 0.4) is 0 Å². The first-order valence-corrected chi connectivity index (χ1v) is 11.4. The highest BCUT2D eigenvalue weighted by molar-refractivity contribution is 5.78. The molecule has 13 nitrogen and oxygen atoms in total. The first kappa shape index (κ1) is 29.4. The van der Waals surface area contributed by atoms with Crippen molar-refractivity contribution in [2.45, 2.75) is 25.8 Å². The van der Waals surface area contributed by atoms with Crippen LogP contribution in [-0.4, -0.2) is 150 Å². The monoisotopic (exact) mass is 487 g/mol. The Labute approximate surface area is 199 Å². The van der Waals surface area contributed by atoms with Crippen LogP contribution >= 0.6 is 0 Å². The van der Waals surface area contributed by atoms with Crippen LogP contribution in [0.4, 0.5) is 0 Å². The second kappa shape index (κ2) is 16.1. The summed E-state index contributed by atoms with van der Waals surface area (Å²) in [5, 5.41) is 31.0. The molecule has 0 radical (unpaired) electrons. The molecule has 0 bridgehead atoms. The second-order valence-electron chi connectivity index (χ2n) is 8.19. The molecule has 1 aliphatic rings. The van der Waals surface area contributed by atoms with Gasteiger partial charge in [0.25, 0.3) is 0 Å². The topological polar surface area (TPSA) is 171 Å². The Morgan fingerprint density at radius 2 is 1.29 bits per heavy atom. The normalized spacial score (nSPS) is 18.9. The molecule has 0 aliphatic carbocycles. The number of carboxylic acids is 3. The van der Waals surface area contributed by atoms with Crippen molar-refractivity contribution in [2.24, 2.45) is 0 Å². The van der Waals surface area contributed by atoms with Gasteiger partial charge in [0, 0.05) is 65.3 Å². The highest BCUT2D eigenvalue weighted by Crippen LogP contribution is 2.10. The molecular formula is C21H37N5O8. The molecule has 0 aromatic carbocycles. The number of hydrogen-bond donors (Lipinski definition) is 4. The number of aliphatic carboxylic acids is 3. The number of carboxylic acid groups (broad SMARTS) is 3. The Kier molecular flexibility index (Phi) is 13.9. The summed E-state index contributed by atoms with van der Waals surface area (Å²) in [5.41, 5.74) is 0. The van der Waals surface area contributed by atoms with Crippen LogP contribution in [0.2, 0.25) is 0 Å². The van der Waals surface area contributed by atoms with Crippen LogP contribution in [0.15, 0.2) is 0 Å². The third-order valence-electron chi connectivity index (χ3n) is 5.67. The summed E-state index contributed by atoms with van der Waals surface area (Å²) in [7, 11) is 0. The average molecular weight is 488 g/mol. The molecule has 0 aromatic heterocycles. The highest BCUT2D eigenvalue weighted by atomic mass is 16.4. The number of amides is 1. The summed E-state index contributed by atoms with van der Waals surface area (Å²) in [6, 6.07) is -0.946. The van der Waals surface area contributed by atoms with Gasteiger partial charge in [-0.05, 0) is 13.3 Å². The third-order valence-corrected chi connectivity index (χ3v) is 5.67. The Morgan fingerprint density at radius 3 is 1.74 bits per heavy atom. The number of carbonyl (C=O) groups excluding carboxylic acids is 2. The van der Waals surface area contributed by atoms with E-state index in [1.807, 2.05) is 4.90 Å². The minimum Gasteiger partial charge on any atom is -0.480 e. The summed E-state index contributed by atoms with van der Waals surface area (Å²) >= 11 is 0. The Bertz CT molecular complexity index is 692. The molecule has 0 spiro atoms. The zero-order valence-electron chi connectivity index (χ0n) is 19.7. The van der Waals surface area contributed by atoms with Crippen molar-refractivity contribution in [3.8, 4) is 0 Å². The van der Waals surface area contributed by atoms with Crippen molar-refractivity contribution in [1.29, 1.82) is 0 Å². The molecule has 34 heavy (non-hydrogen) atoms. The Balaban J connectivity index is 3.06.